The van der Waals surface area contributed by atoms with Crippen molar-refractivity contribution in [3.63, 3.8) is 0 Å². The van der Waals surface area contributed by atoms with Crippen LogP contribution in [0.3, 0.4) is 0 Å². The largest absolute Gasteiger partial charge is 0.480 e. The van der Waals surface area contributed by atoms with Crippen molar-refractivity contribution in [2.45, 2.75) is 58.4 Å². The van der Waals surface area contributed by atoms with Crippen LogP contribution in [0.2, 0.25) is 0 Å². The molecular weight excluding hydrogens is 232 g/mol. The van der Waals surface area contributed by atoms with Crippen LogP contribution in [-0.2, 0) is 4.79 Å². The minimum absolute atomic E-state index is 0.315. The van der Waals surface area contributed by atoms with Gasteiger partial charge in [0.05, 0.1) is 0 Å². The van der Waals surface area contributed by atoms with Crippen molar-refractivity contribution in [1.29, 1.82) is 0 Å². The Kier molecular flexibility index (Phi) is 7.39. The molecule has 0 fully saturated rings. The van der Waals surface area contributed by atoms with Gasteiger partial charge in [0.15, 0.2) is 0 Å². The summed E-state index contributed by atoms with van der Waals surface area (Å²) in [7, 11) is 1.69. The number of unbranched alkanes of at least 4 members (excludes halogenated alkanes) is 2. The Balaban J connectivity index is 4.37. The van der Waals surface area contributed by atoms with E-state index in [1.807, 2.05) is 6.92 Å². The Hall–Kier alpha value is -1.26. The third-order valence-electron chi connectivity index (χ3n) is 3.05. The zero-order valence-electron chi connectivity index (χ0n) is 12.0. The highest BCUT2D eigenvalue weighted by atomic mass is 16.4. The molecule has 0 aliphatic rings. The molecule has 106 valence electrons. The van der Waals surface area contributed by atoms with Crippen LogP contribution in [0.5, 0.6) is 0 Å². The van der Waals surface area contributed by atoms with Gasteiger partial charge < -0.3 is 15.3 Å². The average molecular weight is 258 g/mol. The Morgan fingerprint density at radius 3 is 2.28 bits per heavy atom. The van der Waals surface area contributed by atoms with Crippen molar-refractivity contribution >= 4 is 12.0 Å². The normalized spacial score (nSPS) is 13.8. The zero-order valence-corrected chi connectivity index (χ0v) is 12.0. The van der Waals surface area contributed by atoms with E-state index in [4.69, 9.17) is 0 Å². The van der Waals surface area contributed by atoms with Gasteiger partial charge >= 0.3 is 12.0 Å². The molecular formula is C13H26N2O3. The first-order valence-electron chi connectivity index (χ1n) is 6.64. The molecule has 5 heteroatoms. The molecule has 0 aromatic rings. The number of carboxylic acid groups (broad SMARTS) is 1. The van der Waals surface area contributed by atoms with Gasteiger partial charge in [0.1, 0.15) is 5.54 Å². The predicted molar refractivity (Wildman–Crippen MR) is 71.6 cm³/mol. The SMILES string of the molecule is CCCCCN(C)C(=O)NC(C)(CCC)C(=O)O. The summed E-state index contributed by atoms with van der Waals surface area (Å²) in [6.45, 7) is 6.21. The summed E-state index contributed by atoms with van der Waals surface area (Å²) in [5.74, 6) is -0.986. The first-order valence-corrected chi connectivity index (χ1v) is 6.64. The molecule has 0 radical (unpaired) electrons. The predicted octanol–water partition coefficient (Wildman–Crippen LogP) is 2.46. The molecule has 0 saturated heterocycles. The van der Waals surface area contributed by atoms with E-state index in [9.17, 15) is 14.7 Å². The average Bonchev–Trinajstić information content (AvgIpc) is 2.29. The van der Waals surface area contributed by atoms with Crippen LogP contribution in [-0.4, -0.2) is 41.1 Å². The van der Waals surface area contributed by atoms with Gasteiger partial charge in [-0.3, -0.25) is 0 Å². The quantitative estimate of drug-likeness (QED) is 0.657. The number of carbonyl (C=O) groups is 2. The number of hydrogen-bond acceptors (Lipinski definition) is 2. The maximum Gasteiger partial charge on any atom is 0.329 e. The summed E-state index contributed by atoms with van der Waals surface area (Å²) < 4.78 is 0. The van der Waals surface area contributed by atoms with Gasteiger partial charge in [-0.2, -0.15) is 0 Å². The monoisotopic (exact) mass is 258 g/mol. The lowest BCUT2D eigenvalue weighted by Gasteiger charge is -2.28. The number of urea groups is 1. The van der Waals surface area contributed by atoms with Gasteiger partial charge in [-0.25, -0.2) is 9.59 Å². The Morgan fingerprint density at radius 1 is 1.22 bits per heavy atom. The van der Waals surface area contributed by atoms with E-state index in [1.54, 1.807) is 18.9 Å². The highest BCUT2D eigenvalue weighted by molar-refractivity contribution is 5.85. The first-order chi connectivity index (χ1) is 8.37. The van der Waals surface area contributed by atoms with Crippen LogP contribution in [0, 0.1) is 0 Å². The highest BCUT2D eigenvalue weighted by Gasteiger charge is 2.34. The molecule has 1 unspecified atom stereocenters. The van der Waals surface area contributed by atoms with E-state index in [0.717, 1.165) is 19.3 Å². The summed E-state index contributed by atoms with van der Waals surface area (Å²) in [6, 6.07) is -0.315. The third kappa shape index (κ3) is 5.38. The molecule has 0 aromatic heterocycles. The topological polar surface area (TPSA) is 69.6 Å². The molecule has 0 spiro atoms. The molecule has 0 heterocycles. The van der Waals surface area contributed by atoms with E-state index in [0.29, 0.717) is 19.4 Å². The molecule has 1 atom stereocenters. The van der Waals surface area contributed by atoms with Gasteiger partial charge in [0.2, 0.25) is 0 Å². The third-order valence-corrected chi connectivity index (χ3v) is 3.05. The van der Waals surface area contributed by atoms with E-state index in [-0.39, 0.29) is 6.03 Å². The molecule has 0 saturated carbocycles. The van der Waals surface area contributed by atoms with Crippen LogP contribution in [0.15, 0.2) is 0 Å². The minimum Gasteiger partial charge on any atom is -0.480 e. The molecule has 5 nitrogen and oxygen atoms in total. The number of nitrogens with zero attached hydrogens (tertiary/aromatic N) is 1. The van der Waals surface area contributed by atoms with Crippen LogP contribution in [0.25, 0.3) is 0 Å². The number of aliphatic carboxylic acids is 1. The molecule has 0 aliphatic carbocycles. The van der Waals surface area contributed by atoms with Gasteiger partial charge in [-0.1, -0.05) is 33.1 Å². The lowest BCUT2D eigenvalue weighted by atomic mass is 9.96. The molecule has 2 amide bonds. The number of carbonyl (C=O) groups excluding carboxylic acids is 1. The fourth-order valence-electron chi connectivity index (χ4n) is 1.75. The smallest absolute Gasteiger partial charge is 0.329 e. The van der Waals surface area contributed by atoms with Crippen LogP contribution in [0.1, 0.15) is 52.9 Å². The highest BCUT2D eigenvalue weighted by Crippen LogP contribution is 2.13. The molecule has 0 aliphatic heterocycles. The van der Waals surface area contributed by atoms with E-state index < -0.39 is 11.5 Å². The Labute approximate surface area is 110 Å². The number of rotatable bonds is 8. The summed E-state index contributed by atoms with van der Waals surface area (Å²) in [4.78, 5) is 24.6. The van der Waals surface area contributed by atoms with Crippen molar-refractivity contribution in [2.24, 2.45) is 0 Å². The van der Waals surface area contributed by atoms with Crippen LogP contribution in [0.4, 0.5) is 4.79 Å². The molecule has 2 N–H and O–H groups in total. The van der Waals surface area contributed by atoms with E-state index in [2.05, 4.69) is 12.2 Å². The van der Waals surface area contributed by atoms with Crippen molar-refractivity contribution < 1.29 is 14.7 Å². The van der Waals surface area contributed by atoms with Crippen molar-refractivity contribution in [2.75, 3.05) is 13.6 Å². The number of amides is 2. The maximum absolute atomic E-state index is 11.9. The summed E-state index contributed by atoms with van der Waals surface area (Å²) >= 11 is 0. The lowest BCUT2D eigenvalue weighted by molar-refractivity contribution is -0.144. The zero-order chi connectivity index (χ0) is 14.2. The molecule has 0 aromatic carbocycles. The van der Waals surface area contributed by atoms with Gasteiger partial charge in [0.25, 0.3) is 0 Å². The fraction of sp³-hybridized carbons (Fsp3) is 0.846. The second-order valence-electron chi connectivity index (χ2n) is 4.95. The van der Waals surface area contributed by atoms with Gasteiger partial charge in [0, 0.05) is 13.6 Å². The van der Waals surface area contributed by atoms with Crippen molar-refractivity contribution in [1.82, 2.24) is 10.2 Å². The number of carboxylic acids is 1. The second-order valence-corrected chi connectivity index (χ2v) is 4.95. The molecule has 0 rings (SSSR count). The first kappa shape index (κ1) is 16.7. The van der Waals surface area contributed by atoms with Gasteiger partial charge in [-0.15, -0.1) is 0 Å². The fourth-order valence-corrected chi connectivity index (χ4v) is 1.75. The van der Waals surface area contributed by atoms with Crippen molar-refractivity contribution in [3.8, 4) is 0 Å². The Morgan fingerprint density at radius 2 is 1.83 bits per heavy atom. The Bertz CT molecular complexity index is 281. The minimum atomic E-state index is -1.18. The number of nitrogens with one attached hydrogen (secondary N) is 1. The second kappa shape index (κ2) is 7.95. The summed E-state index contributed by atoms with van der Waals surface area (Å²) in [5, 5.41) is 11.8. The lowest BCUT2D eigenvalue weighted by Crippen LogP contribution is -2.55. The van der Waals surface area contributed by atoms with Crippen LogP contribution >= 0.6 is 0 Å². The number of hydrogen-bond donors (Lipinski definition) is 2. The molecule has 0 bridgehead atoms. The van der Waals surface area contributed by atoms with E-state index >= 15 is 0 Å². The van der Waals surface area contributed by atoms with Crippen LogP contribution < -0.4 is 5.32 Å². The standard InChI is InChI=1S/C13H26N2O3/c1-5-7-8-10-15(4)12(18)14-13(3,9-6-2)11(16)17/h5-10H2,1-4H3,(H,14,18)(H,16,17). The van der Waals surface area contributed by atoms with Crippen molar-refractivity contribution in [3.05, 3.63) is 0 Å². The molecule has 18 heavy (non-hydrogen) atoms. The summed E-state index contributed by atoms with van der Waals surface area (Å²) in [6.07, 6.45) is 4.25. The summed E-state index contributed by atoms with van der Waals surface area (Å²) in [5.41, 5.74) is -1.18. The van der Waals surface area contributed by atoms with Gasteiger partial charge in [-0.05, 0) is 19.8 Å². The maximum atomic E-state index is 11.9. The van der Waals surface area contributed by atoms with E-state index in [1.165, 1.54) is 0 Å².